The van der Waals surface area contributed by atoms with Crippen molar-refractivity contribution in [1.29, 1.82) is 0 Å². The summed E-state index contributed by atoms with van der Waals surface area (Å²) in [6.07, 6.45) is 5.61. The van der Waals surface area contributed by atoms with Gasteiger partial charge in [-0.05, 0) is 50.2 Å². The summed E-state index contributed by atoms with van der Waals surface area (Å²) in [4.78, 5) is 0. The van der Waals surface area contributed by atoms with Crippen molar-refractivity contribution in [2.75, 3.05) is 19.7 Å². The van der Waals surface area contributed by atoms with Crippen LogP contribution in [0.5, 0.6) is 0 Å². The molecule has 1 heterocycles. The average molecular weight is 274 g/mol. The van der Waals surface area contributed by atoms with E-state index in [1.165, 1.54) is 17.5 Å². The third kappa shape index (κ3) is 2.76. The third-order valence-corrected chi connectivity index (χ3v) is 5.05. The highest BCUT2D eigenvalue weighted by molar-refractivity contribution is 5.32. The van der Waals surface area contributed by atoms with Crippen molar-refractivity contribution >= 4 is 0 Å². The van der Waals surface area contributed by atoms with Gasteiger partial charge in [-0.15, -0.1) is 0 Å². The SMILES string of the molecule is CC1(CNC2(CN)CCc3ccccc3C2)CCCO1. The summed E-state index contributed by atoms with van der Waals surface area (Å²) in [5.74, 6) is 0. The fourth-order valence-corrected chi connectivity index (χ4v) is 3.55. The summed E-state index contributed by atoms with van der Waals surface area (Å²) in [6.45, 7) is 4.72. The predicted octanol–water partition coefficient (Wildman–Crippen LogP) is 2.03. The van der Waals surface area contributed by atoms with Crippen LogP contribution >= 0.6 is 0 Å². The van der Waals surface area contributed by atoms with Crippen molar-refractivity contribution in [3.63, 3.8) is 0 Å². The molecule has 3 heteroatoms. The van der Waals surface area contributed by atoms with Gasteiger partial charge in [-0.2, -0.15) is 0 Å². The maximum atomic E-state index is 6.12. The van der Waals surface area contributed by atoms with E-state index in [0.717, 1.165) is 38.8 Å². The van der Waals surface area contributed by atoms with Crippen LogP contribution in [-0.2, 0) is 17.6 Å². The van der Waals surface area contributed by atoms with Gasteiger partial charge in [0.15, 0.2) is 0 Å². The molecule has 110 valence electrons. The van der Waals surface area contributed by atoms with Crippen LogP contribution in [-0.4, -0.2) is 30.8 Å². The van der Waals surface area contributed by atoms with Crippen LogP contribution in [0, 0.1) is 0 Å². The fourth-order valence-electron chi connectivity index (χ4n) is 3.55. The van der Waals surface area contributed by atoms with Crippen molar-refractivity contribution < 1.29 is 4.74 Å². The largest absolute Gasteiger partial charge is 0.374 e. The quantitative estimate of drug-likeness (QED) is 0.883. The Morgan fingerprint density at radius 1 is 1.25 bits per heavy atom. The van der Waals surface area contributed by atoms with E-state index in [1.807, 2.05) is 0 Å². The molecule has 0 saturated carbocycles. The minimum Gasteiger partial charge on any atom is -0.374 e. The number of fused-ring (bicyclic) bond motifs is 1. The number of aryl methyl sites for hydroxylation is 1. The Morgan fingerprint density at radius 2 is 2.05 bits per heavy atom. The Kier molecular flexibility index (Phi) is 3.85. The Hall–Kier alpha value is -0.900. The Labute approximate surface area is 121 Å². The first-order valence-corrected chi connectivity index (χ1v) is 7.81. The molecule has 1 saturated heterocycles. The van der Waals surface area contributed by atoms with Crippen molar-refractivity contribution in [1.82, 2.24) is 5.32 Å². The van der Waals surface area contributed by atoms with Crippen molar-refractivity contribution in [3.05, 3.63) is 35.4 Å². The number of ether oxygens (including phenoxy) is 1. The van der Waals surface area contributed by atoms with E-state index in [2.05, 4.69) is 36.5 Å². The van der Waals surface area contributed by atoms with Gasteiger partial charge in [-0.3, -0.25) is 0 Å². The molecule has 1 fully saturated rings. The van der Waals surface area contributed by atoms with E-state index in [-0.39, 0.29) is 11.1 Å². The normalized spacial score (nSPS) is 33.1. The second-order valence-electron chi connectivity index (χ2n) is 6.69. The summed E-state index contributed by atoms with van der Waals surface area (Å²) in [6, 6.07) is 8.76. The van der Waals surface area contributed by atoms with Crippen molar-refractivity contribution in [3.8, 4) is 0 Å². The smallest absolute Gasteiger partial charge is 0.0779 e. The third-order valence-electron chi connectivity index (χ3n) is 5.05. The molecular weight excluding hydrogens is 248 g/mol. The fraction of sp³-hybridized carbons (Fsp3) is 0.647. The molecule has 2 atom stereocenters. The van der Waals surface area contributed by atoms with Crippen LogP contribution in [0.2, 0.25) is 0 Å². The molecule has 0 radical (unpaired) electrons. The summed E-state index contributed by atoms with van der Waals surface area (Å²) >= 11 is 0. The summed E-state index contributed by atoms with van der Waals surface area (Å²) in [5.41, 5.74) is 9.10. The lowest BCUT2D eigenvalue weighted by atomic mass is 9.77. The lowest BCUT2D eigenvalue weighted by Gasteiger charge is -2.40. The maximum Gasteiger partial charge on any atom is 0.0779 e. The zero-order valence-electron chi connectivity index (χ0n) is 12.5. The number of benzene rings is 1. The first kappa shape index (κ1) is 14.1. The van der Waals surface area contributed by atoms with E-state index in [1.54, 1.807) is 0 Å². The molecule has 0 aromatic heterocycles. The van der Waals surface area contributed by atoms with E-state index in [0.29, 0.717) is 6.54 Å². The first-order chi connectivity index (χ1) is 9.65. The van der Waals surface area contributed by atoms with Crippen molar-refractivity contribution in [2.24, 2.45) is 5.73 Å². The van der Waals surface area contributed by atoms with Gasteiger partial charge < -0.3 is 15.8 Å². The first-order valence-electron chi connectivity index (χ1n) is 7.81. The molecule has 20 heavy (non-hydrogen) atoms. The molecule has 1 aromatic carbocycles. The highest BCUT2D eigenvalue weighted by Crippen LogP contribution is 2.30. The maximum absolute atomic E-state index is 6.12. The highest BCUT2D eigenvalue weighted by atomic mass is 16.5. The van der Waals surface area contributed by atoms with Gasteiger partial charge >= 0.3 is 0 Å². The average Bonchev–Trinajstić information content (AvgIpc) is 2.92. The van der Waals surface area contributed by atoms with Crippen LogP contribution in [0.15, 0.2) is 24.3 Å². The summed E-state index contributed by atoms with van der Waals surface area (Å²) < 4.78 is 5.89. The molecule has 2 aliphatic rings. The van der Waals surface area contributed by atoms with Gasteiger partial charge in [0, 0.05) is 25.2 Å². The highest BCUT2D eigenvalue weighted by Gasteiger charge is 2.37. The van der Waals surface area contributed by atoms with Gasteiger partial charge in [-0.1, -0.05) is 24.3 Å². The minimum atomic E-state index is -0.000858. The molecule has 0 bridgehead atoms. The summed E-state index contributed by atoms with van der Waals surface area (Å²) in [7, 11) is 0. The lowest BCUT2D eigenvalue weighted by Crippen LogP contribution is -2.58. The monoisotopic (exact) mass is 274 g/mol. The molecule has 0 amide bonds. The van der Waals surface area contributed by atoms with Crippen LogP contribution in [0.1, 0.15) is 37.3 Å². The van der Waals surface area contributed by atoms with E-state index in [9.17, 15) is 0 Å². The number of hydrogen-bond acceptors (Lipinski definition) is 3. The second kappa shape index (κ2) is 5.47. The second-order valence-corrected chi connectivity index (χ2v) is 6.69. The van der Waals surface area contributed by atoms with E-state index < -0.39 is 0 Å². The van der Waals surface area contributed by atoms with E-state index in [4.69, 9.17) is 10.5 Å². The van der Waals surface area contributed by atoms with Crippen LogP contribution in [0.25, 0.3) is 0 Å². The topological polar surface area (TPSA) is 47.3 Å². The molecule has 3 N–H and O–H groups in total. The molecule has 1 aliphatic heterocycles. The molecule has 3 rings (SSSR count). The minimum absolute atomic E-state index is 0.000858. The lowest BCUT2D eigenvalue weighted by molar-refractivity contribution is 0.0135. The van der Waals surface area contributed by atoms with Crippen LogP contribution in [0.3, 0.4) is 0 Å². The molecule has 3 nitrogen and oxygen atoms in total. The van der Waals surface area contributed by atoms with E-state index >= 15 is 0 Å². The Bertz CT molecular complexity index is 468. The van der Waals surface area contributed by atoms with Gasteiger partial charge in [0.25, 0.3) is 0 Å². The van der Waals surface area contributed by atoms with Crippen LogP contribution < -0.4 is 11.1 Å². The van der Waals surface area contributed by atoms with Gasteiger partial charge in [-0.25, -0.2) is 0 Å². The molecule has 0 spiro atoms. The predicted molar refractivity (Wildman–Crippen MR) is 81.8 cm³/mol. The number of hydrogen-bond donors (Lipinski definition) is 2. The Balaban J connectivity index is 1.70. The number of rotatable bonds is 4. The molecule has 1 aromatic rings. The molecular formula is C17H26N2O. The number of nitrogens with one attached hydrogen (secondary N) is 1. The summed E-state index contributed by atoms with van der Waals surface area (Å²) in [5, 5.41) is 3.76. The standard InChI is InChI=1S/C17H26N2O/c1-16(8-4-10-20-16)13-19-17(12-18)9-7-14-5-2-3-6-15(14)11-17/h2-3,5-6,19H,4,7-13,18H2,1H3. The number of nitrogens with two attached hydrogens (primary N) is 1. The zero-order chi connectivity index (χ0) is 14.1. The van der Waals surface area contributed by atoms with Gasteiger partial charge in [0.1, 0.15) is 0 Å². The van der Waals surface area contributed by atoms with Crippen LogP contribution in [0.4, 0.5) is 0 Å². The van der Waals surface area contributed by atoms with Crippen molar-refractivity contribution in [2.45, 2.75) is 50.2 Å². The van der Waals surface area contributed by atoms with Gasteiger partial charge in [0.05, 0.1) is 5.60 Å². The van der Waals surface area contributed by atoms with Gasteiger partial charge in [0.2, 0.25) is 0 Å². The molecule has 1 aliphatic carbocycles. The molecule has 2 unspecified atom stereocenters. The Morgan fingerprint density at radius 3 is 2.75 bits per heavy atom. The zero-order valence-corrected chi connectivity index (χ0v) is 12.5.